The van der Waals surface area contributed by atoms with E-state index in [9.17, 15) is 10.1 Å². The third-order valence-corrected chi connectivity index (χ3v) is 4.45. The van der Waals surface area contributed by atoms with Crippen LogP contribution in [0.5, 0.6) is 0 Å². The molecule has 2 aromatic carbocycles. The molecule has 0 amide bonds. The van der Waals surface area contributed by atoms with Crippen LogP contribution >= 0.6 is 11.3 Å². The molecule has 4 heteroatoms. The maximum atomic E-state index is 12.7. The lowest BCUT2D eigenvalue weighted by Crippen LogP contribution is -2.12. The van der Waals surface area contributed by atoms with Crippen molar-refractivity contribution < 1.29 is 0 Å². The minimum atomic E-state index is -0.0606. The van der Waals surface area contributed by atoms with Crippen LogP contribution in [-0.4, -0.2) is 14.1 Å². The zero-order valence-electron chi connectivity index (χ0n) is 11.2. The Morgan fingerprint density at radius 2 is 1.85 bits per heavy atom. The van der Waals surface area contributed by atoms with Crippen molar-refractivity contribution in [2.45, 2.75) is 0 Å². The smallest absolute Gasteiger partial charge is 0.197 e. The lowest BCUT2D eigenvalue weighted by Gasteiger charge is -2.15. The summed E-state index contributed by atoms with van der Waals surface area (Å²) in [6.07, 6.45) is 0. The summed E-state index contributed by atoms with van der Waals surface area (Å²) in [6.45, 7) is 0. The van der Waals surface area contributed by atoms with Crippen molar-refractivity contribution in [1.29, 1.82) is 5.26 Å². The molecule has 0 bridgehead atoms. The largest absolute Gasteiger partial charge is 0.377 e. The average Bonchev–Trinajstić information content (AvgIpc) is 2.46. The minimum absolute atomic E-state index is 0.0606. The van der Waals surface area contributed by atoms with Gasteiger partial charge in [0, 0.05) is 28.9 Å². The third-order valence-electron chi connectivity index (χ3n) is 3.32. The normalized spacial score (nSPS) is 10.7. The fourth-order valence-electron chi connectivity index (χ4n) is 2.37. The number of hydrogen-bond acceptors (Lipinski definition) is 4. The molecule has 0 atom stereocenters. The third kappa shape index (κ3) is 1.75. The van der Waals surface area contributed by atoms with Crippen LogP contribution in [0, 0.1) is 11.3 Å². The van der Waals surface area contributed by atoms with E-state index in [0.717, 1.165) is 15.1 Å². The highest BCUT2D eigenvalue weighted by Gasteiger charge is 2.14. The second-order valence-electron chi connectivity index (χ2n) is 4.77. The van der Waals surface area contributed by atoms with E-state index in [4.69, 9.17) is 0 Å². The molecular weight excluding hydrogens is 268 g/mol. The van der Waals surface area contributed by atoms with Gasteiger partial charge in [-0.3, -0.25) is 4.79 Å². The Labute approximate surface area is 120 Å². The molecule has 0 saturated carbocycles. The van der Waals surface area contributed by atoms with Crippen LogP contribution in [0.2, 0.25) is 0 Å². The van der Waals surface area contributed by atoms with Gasteiger partial charge in [0.25, 0.3) is 0 Å². The molecule has 0 N–H and O–H groups in total. The number of fused-ring (bicyclic) bond motifs is 2. The standard InChI is InChI=1S/C16H12N2OS/c1-18(2)12-7-8-14-15(11(12)9-17)16(19)10-5-3-4-6-13(10)20-14/h3-8H,1-2H3. The van der Waals surface area contributed by atoms with Gasteiger partial charge in [-0.1, -0.05) is 12.1 Å². The molecule has 3 aromatic rings. The molecule has 0 saturated heterocycles. The number of nitrogens with zero attached hydrogens (tertiary/aromatic N) is 2. The van der Waals surface area contributed by atoms with Crippen molar-refractivity contribution in [3.8, 4) is 6.07 Å². The molecule has 98 valence electrons. The molecule has 0 aliphatic carbocycles. The lowest BCUT2D eigenvalue weighted by atomic mass is 10.1. The van der Waals surface area contributed by atoms with E-state index in [1.165, 1.54) is 0 Å². The maximum absolute atomic E-state index is 12.7. The van der Waals surface area contributed by atoms with E-state index >= 15 is 0 Å². The van der Waals surface area contributed by atoms with Crippen LogP contribution in [0.15, 0.2) is 41.2 Å². The monoisotopic (exact) mass is 280 g/mol. The van der Waals surface area contributed by atoms with Crippen LogP contribution in [0.3, 0.4) is 0 Å². The van der Waals surface area contributed by atoms with E-state index in [2.05, 4.69) is 6.07 Å². The quantitative estimate of drug-likeness (QED) is 0.642. The van der Waals surface area contributed by atoms with Crippen LogP contribution < -0.4 is 10.3 Å². The van der Waals surface area contributed by atoms with Gasteiger partial charge in [-0.15, -0.1) is 11.3 Å². The highest BCUT2D eigenvalue weighted by Crippen LogP contribution is 2.30. The van der Waals surface area contributed by atoms with Gasteiger partial charge in [-0.2, -0.15) is 5.26 Å². The molecule has 1 aromatic heterocycles. The van der Waals surface area contributed by atoms with E-state index in [-0.39, 0.29) is 5.43 Å². The highest BCUT2D eigenvalue weighted by atomic mass is 32.1. The SMILES string of the molecule is CN(C)c1ccc2sc3ccccc3c(=O)c2c1C#N. The Bertz CT molecular complexity index is 919. The molecule has 0 spiro atoms. The Balaban J connectivity index is 2.58. The summed E-state index contributed by atoms with van der Waals surface area (Å²) in [5.41, 5.74) is 1.17. The number of anilines is 1. The Hall–Kier alpha value is -2.38. The van der Waals surface area contributed by atoms with Crippen molar-refractivity contribution in [3.05, 3.63) is 52.2 Å². The molecular formula is C16H12N2OS. The molecule has 1 heterocycles. The summed E-state index contributed by atoms with van der Waals surface area (Å²) in [5.74, 6) is 0. The summed E-state index contributed by atoms with van der Waals surface area (Å²) in [7, 11) is 3.74. The van der Waals surface area contributed by atoms with E-state index in [1.807, 2.05) is 55.4 Å². The first-order valence-electron chi connectivity index (χ1n) is 6.19. The minimum Gasteiger partial charge on any atom is -0.377 e. The van der Waals surface area contributed by atoms with Crippen molar-refractivity contribution in [1.82, 2.24) is 0 Å². The van der Waals surface area contributed by atoms with E-state index < -0.39 is 0 Å². The van der Waals surface area contributed by atoms with Crippen molar-refractivity contribution in [3.63, 3.8) is 0 Å². The molecule has 0 aliphatic rings. The summed E-state index contributed by atoms with van der Waals surface area (Å²) in [6, 6.07) is 13.5. The van der Waals surface area contributed by atoms with Gasteiger partial charge in [0.1, 0.15) is 6.07 Å². The van der Waals surface area contributed by atoms with E-state index in [1.54, 1.807) is 11.3 Å². The molecule has 0 radical (unpaired) electrons. The Morgan fingerprint density at radius 1 is 1.10 bits per heavy atom. The fourth-order valence-corrected chi connectivity index (χ4v) is 3.45. The number of nitriles is 1. The zero-order valence-corrected chi connectivity index (χ0v) is 12.0. The van der Waals surface area contributed by atoms with Crippen LogP contribution in [0.25, 0.3) is 20.2 Å². The van der Waals surface area contributed by atoms with Gasteiger partial charge in [0.05, 0.1) is 16.6 Å². The van der Waals surface area contributed by atoms with Crippen molar-refractivity contribution in [2.75, 3.05) is 19.0 Å². The van der Waals surface area contributed by atoms with Crippen LogP contribution in [0.1, 0.15) is 5.56 Å². The van der Waals surface area contributed by atoms with Crippen molar-refractivity contribution in [2.24, 2.45) is 0 Å². The first-order valence-corrected chi connectivity index (χ1v) is 7.01. The zero-order chi connectivity index (χ0) is 14.3. The average molecular weight is 280 g/mol. The number of rotatable bonds is 1. The van der Waals surface area contributed by atoms with Gasteiger partial charge >= 0.3 is 0 Å². The second-order valence-corrected chi connectivity index (χ2v) is 5.85. The van der Waals surface area contributed by atoms with Crippen molar-refractivity contribution >= 4 is 37.2 Å². The van der Waals surface area contributed by atoms with Crippen LogP contribution in [0.4, 0.5) is 5.69 Å². The first kappa shape index (κ1) is 12.6. The first-order chi connectivity index (χ1) is 9.63. The molecule has 20 heavy (non-hydrogen) atoms. The van der Waals surface area contributed by atoms with Crippen LogP contribution in [-0.2, 0) is 0 Å². The predicted octanol–water partition coefficient (Wildman–Crippen LogP) is 3.35. The number of hydrogen-bond donors (Lipinski definition) is 0. The molecule has 0 unspecified atom stereocenters. The molecule has 3 rings (SSSR count). The van der Waals surface area contributed by atoms with Gasteiger partial charge in [-0.05, 0) is 24.3 Å². The molecule has 3 nitrogen and oxygen atoms in total. The maximum Gasteiger partial charge on any atom is 0.197 e. The fraction of sp³-hybridized carbons (Fsp3) is 0.125. The lowest BCUT2D eigenvalue weighted by molar-refractivity contribution is 1.13. The van der Waals surface area contributed by atoms with Gasteiger partial charge < -0.3 is 4.90 Å². The molecule has 0 fully saturated rings. The Kier molecular flexibility index (Phi) is 2.92. The highest BCUT2D eigenvalue weighted by molar-refractivity contribution is 7.24. The Morgan fingerprint density at radius 3 is 2.55 bits per heavy atom. The van der Waals surface area contributed by atoms with Gasteiger partial charge in [0.2, 0.25) is 0 Å². The summed E-state index contributed by atoms with van der Waals surface area (Å²) < 4.78 is 1.81. The van der Waals surface area contributed by atoms with E-state index in [0.29, 0.717) is 16.3 Å². The topological polar surface area (TPSA) is 44.1 Å². The molecule has 0 aliphatic heterocycles. The summed E-state index contributed by atoms with van der Waals surface area (Å²) >= 11 is 1.55. The van der Waals surface area contributed by atoms with Gasteiger partial charge in [0.15, 0.2) is 5.43 Å². The summed E-state index contributed by atoms with van der Waals surface area (Å²) in [5, 5.41) is 10.7. The second kappa shape index (κ2) is 4.62. The van der Waals surface area contributed by atoms with Gasteiger partial charge in [-0.25, -0.2) is 0 Å². The predicted molar refractivity (Wildman–Crippen MR) is 84.6 cm³/mol. The summed E-state index contributed by atoms with van der Waals surface area (Å²) in [4.78, 5) is 14.5. The number of benzene rings is 2.